The summed E-state index contributed by atoms with van der Waals surface area (Å²) in [6.07, 6.45) is 2.50. The second-order valence-electron chi connectivity index (χ2n) is 4.20. The first-order chi connectivity index (χ1) is 8.52. The summed E-state index contributed by atoms with van der Waals surface area (Å²) in [5.74, 6) is -0.370. The summed E-state index contributed by atoms with van der Waals surface area (Å²) in [4.78, 5) is 11.7. The summed E-state index contributed by atoms with van der Waals surface area (Å²) in [7, 11) is 0. The Balaban J connectivity index is 2.71. The first kappa shape index (κ1) is 14.4. The molecule has 0 bridgehead atoms. The predicted molar refractivity (Wildman–Crippen MR) is 65.7 cm³/mol. The molecular formula is C13H19NO4. The lowest BCUT2D eigenvalue weighted by molar-refractivity contribution is -0.605. The minimum Gasteiger partial charge on any atom is -0.619 e. The molecule has 18 heavy (non-hydrogen) atoms. The Bertz CT molecular complexity index is 375. The van der Waals surface area contributed by atoms with Crippen LogP contribution in [-0.2, 0) is 20.7 Å². The van der Waals surface area contributed by atoms with Crippen molar-refractivity contribution in [2.45, 2.75) is 39.4 Å². The molecular weight excluding hydrogens is 234 g/mol. The van der Waals surface area contributed by atoms with E-state index in [2.05, 4.69) is 0 Å². The van der Waals surface area contributed by atoms with Gasteiger partial charge in [-0.05, 0) is 26.3 Å². The zero-order valence-corrected chi connectivity index (χ0v) is 11.0. The molecule has 1 atom stereocenters. The van der Waals surface area contributed by atoms with Crippen molar-refractivity contribution in [3.05, 3.63) is 35.3 Å². The number of carbonyl (C=O) groups excluding carboxylic acids is 1. The average Bonchev–Trinajstić information content (AvgIpc) is 2.31. The molecule has 100 valence electrons. The van der Waals surface area contributed by atoms with Crippen LogP contribution in [0, 0.1) is 5.21 Å². The minimum absolute atomic E-state index is 0.0624. The zero-order valence-electron chi connectivity index (χ0n) is 11.0. The number of esters is 1. The van der Waals surface area contributed by atoms with E-state index in [1.165, 1.54) is 12.4 Å². The summed E-state index contributed by atoms with van der Waals surface area (Å²) < 4.78 is 11.2. The average molecular weight is 253 g/mol. The highest BCUT2D eigenvalue weighted by atomic mass is 16.6. The number of aromatic nitrogens is 1. The number of ether oxygens (including phenoxy) is 2. The van der Waals surface area contributed by atoms with E-state index in [-0.39, 0.29) is 12.1 Å². The van der Waals surface area contributed by atoms with Crippen molar-refractivity contribution in [3.63, 3.8) is 0 Å². The van der Waals surface area contributed by atoms with E-state index >= 15 is 0 Å². The molecule has 0 spiro atoms. The lowest BCUT2D eigenvalue weighted by atomic mass is 10.1. The molecule has 1 heterocycles. The van der Waals surface area contributed by atoms with Crippen molar-refractivity contribution in [2.75, 3.05) is 6.61 Å². The molecule has 1 rings (SSSR count). The Morgan fingerprint density at radius 3 is 2.50 bits per heavy atom. The third-order valence-electron chi connectivity index (χ3n) is 2.28. The maximum Gasteiger partial charge on any atom is 0.335 e. The maximum atomic E-state index is 11.7. The summed E-state index contributed by atoms with van der Waals surface area (Å²) >= 11 is 0. The number of pyridine rings is 1. The quantitative estimate of drug-likeness (QED) is 0.434. The summed E-state index contributed by atoms with van der Waals surface area (Å²) in [6, 6.07) is 3.34. The van der Waals surface area contributed by atoms with Gasteiger partial charge in [0.2, 0.25) is 0 Å². The van der Waals surface area contributed by atoms with E-state index in [4.69, 9.17) is 9.47 Å². The molecule has 0 saturated heterocycles. The maximum absolute atomic E-state index is 11.7. The fourth-order valence-corrected chi connectivity index (χ4v) is 1.54. The fraction of sp³-hybridized carbons (Fsp3) is 0.538. The second kappa shape index (κ2) is 6.96. The normalized spacial score (nSPS) is 12.4. The third-order valence-corrected chi connectivity index (χ3v) is 2.28. The molecule has 0 amide bonds. The SMILES string of the molecule is CCOC(=O)C(Cc1cc[n+]([O-])cc1)OC(C)C. The van der Waals surface area contributed by atoms with Crippen molar-refractivity contribution in [3.8, 4) is 0 Å². The van der Waals surface area contributed by atoms with Crippen LogP contribution in [0.5, 0.6) is 0 Å². The molecule has 5 heteroatoms. The molecule has 1 aromatic rings. The van der Waals surface area contributed by atoms with Crippen LogP contribution in [0.1, 0.15) is 26.3 Å². The van der Waals surface area contributed by atoms with Crippen molar-refractivity contribution in [1.29, 1.82) is 0 Å². The first-order valence-electron chi connectivity index (χ1n) is 6.02. The highest BCUT2D eigenvalue weighted by Crippen LogP contribution is 2.09. The Morgan fingerprint density at radius 1 is 1.39 bits per heavy atom. The molecule has 1 unspecified atom stereocenters. The van der Waals surface area contributed by atoms with Crippen LogP contribution >= 0.6 is 0 Å². The van der Waals surface area contributed by atoms with Crippen LogP contribution in [0.4, 0.5) is 0 Å². The van der Waals surface area contributed by atoms with Crippen LogP contribution in [0.15, 0.2) is 24.5 Å². The van der Waals surface area contributed by atoms with Gasteiger partial charge in [-0.15, -0.1) is 0 Å². The minimum atomic E-state index is -0.632. The van der Waals surface area contributed by atoms with Crippen molar-refractivity contribution < 1.29 is 19.0 Å². The van der Waals surface area contributed by atoms with Gasteiger partial charge in [0.15, 0.2) is 18.5 Å². The number of carbonyl (C=O) groups is 1. The van der Waals surface area contributed by atoms with Gasteiger partial charge >= 0.3 is 5.97 Å². The molecule has 5 nitrogen and oxygen atoms in total. The fourth-order valence-electron chi connectivity index (χ4n) is 1.54. The highest BCUT2D eigenvalue weighted by molar-refractivity contribution is 5.75. The highest BCUT2D eigenvalue weighted by Gasteiger charge is 2.22. The number of nitrogens with zero attached hydrogens (tertiary/aromatic N) is 1. The van der Waals surface area contributed by atoms with E-state index in [0.29, 0.717) is 17.8 Å². The largest absolute Gasteiger partial charge is 0.619 e. The van der Waals surface area contributed by atoms with Crippen LogP contribution in [0.25, 0.3) is 0 Å². The van der Waals surface area contributed by atoms with Crippen LogP contribution in [-0.4, -0.2) is 24.8 Å². The van der Waals surface area contributed by atoms with E-state index in [0.717, 1.165) is 5.56 Å². The molecule has 0 aromatic carbocycles. The van der Waals surface area contributed by atoms with Crippen molar-refractivity contribution >= 4 is 5.97 Å². The Labute approximate surface area is 107 Å². The smallest absolute Gasteiger partial charge is 0.335 e. The lowest BCUT2D eigenvalue weighted by Gasteiger charge is -2.18. The molecule has 0 saturated carbocycles. The van der Waals surface area contributed by atoms with Gasteiger partial charge in [-0.3, -0.25) is 0 Å². The zero-order chi connectivity index (χ0) is 13.5. The monoisotopic (exact) mass is 253 g/mol. The van der Waals surface area contributed by atoms with Gasteiger partial charge in [-0.1, -0.05) is 0 Å². The number of hydrogen-bond acceptors (Lipinski definition) is 4. The summed E-state index contributed by atoms with van der Waals surface area (Å²) in [5.41, 5.74) is 0.862. The van der Waals surface area contributed by atoms with E-state index in [9.17, 15) is 10.0 Å². The van der Waals surface area contributed by atoms with Crippen LogP contribution < -0.4 is 4.73 Å². The van der Waals surface area contributed by atoms with Gasteiger partial charge in [-0.2, -0.15) is 4.73 Å². The number of hydrogen-bond donors (Lipinski definition) is 0. The third kappa shape index (κ3) is 4.71. The molecule has 0 N–H and O–H groups in total. The predicted octanol–water partition coefficient (Wildman–Crippen LogP) is 1.22. The van der Waals surface area contributed by atoms with Gasteiger partial charge in [0.1, 0.15) is 0 Å². The van der Waals surface area contributed by atoms with Crippen molar-refractivity contribution in [2.24, 2.45) is 0 Å². The molecule has 1 aromatic heterocycles. The van der Waals surface area contributed by atoms with Gasteiger partial charge in [-0.25, -0.2) is 4.79 Å². The first-order valence-corrected chi connectivity index (χ1v) is 6.02. The van der Waals surface area contributed by atoms with Crippen LogP contribution in [0.2, 0.25) is 0 Å². The van der Waals surface area contributed by atoms with Gasteiger partial charge in [0, 0.05) is 18.6 Å². The molecule has 0 aliphatic carbocycles. The van der Waals surface area contributed by atoms with Gasteiger partial charge < -0.3 is 14.7 Å². The lowest BCUT2D eigenvalue weighted by Crippen LogP contribution is -2.32. The standard InChI is InChI=1S/C13H19NO4/c1-4-17-13(15)12(18-10(2)3)9-11-5-7-14(16)8-6-11/h5-8,10,12H,4,9H2,1-3H3. The van der Waals surface area contributed by atoms with Gasteiger partial charge in [0.25, 0.3) is 0 Å². The molecule has 0 radical (unpaired) electrons. The number of rotatable bonds is 6. The Kier molecular flexibility index (Phi) is 5.58. The van der Waals surface area contributed by atoms with Crippen molar-refractivity contribution in [1.82, 2.24) is 0 Å². The topological polar surface area (TPSA) is 62.5 Å². The molecule has 0 aliphatic heterocycles. The van der Waals surface area contributed by atoms with E-state index in [1.807, 2.05) is 13.8 Å². The van der Waals surface area contributed by atoms with Crippen LogP contribution in [0.3, 0.4) is 0 Å². The second-order valence-corrected chi connectivity index (χ2v) is 4.20. The van der Waals surface area contributed by atoms with E-state index < -0.39 is 6.10 Å². The molecule has 0 fully saturated rings. The summed E-state index contributed by atoms with van der Waals surface area (Å²) in [6.45, 7) is 5.81. The van der Waals surface area contributed by atoms with Gasteiger partial charge in [0.05, 0.1) is 12.7 Å². The Morgan fingerprint density at radius 2 is 2.00 bits per heavy atom. The molecule has 0 aliphatic rings. The Hall–Kier alpha value is -1.62. The van der Waals surface area contributed by atoms with E-state index in [1.54, 1.807) is 19.1 Å². The summed E-state index contributed by atoms with van der Waals surface area (Å²) in [5, 5.41) is 10.9.